The highest BCUT2D eigenvalue weighted by Crippen LogP contribution is 2.28. The third-order valence-corrected chi connectivity index (χ3v) is 3.61. The van der Waals surface area contributed by atoms with Crippen molar-refractivity contribution in [3.63, 3.8) is 0 Å². The average molecular weight is 279 g/mol. The molecule has 0 saturated heterocycles. The van der Waals surface area contributed by atoms with E-state index >= 15 is 0 Å². The number of carboxylic acid groups (broad SMARTS) is 1. The molecule has 0 amide bonds. The SMILES string of the molecule is CCCC(C)(NC(C)c1cc(C)ccc1OC)C(=O)O. The molecule has 2 atom stereocenters. The van der Waals surface area contributed by atoms with Crippen LogP contribution in [0.1, 0.15) is 50.8 Å². The van der Waals surface area contributed by atoms with Crippen LogP contribution in [0.15, 0.2) is 18.2 Å². The molecule has 20 heavy (non-hydrogen) atoms. The average Bonchev–Trinajstić information content (AvgIpc) is 2.38. The van der Waals surface area contributed by atoms with Crippen molar-refractivity contribution in [2.24, 2.45) is 0 Å². The zero-order valence-corrected chi connectivity index (χ0v) is 13.0. The van der Waals surface area contributed by atoms with Gasteiger partial charge in [0.1, 0.15) is 11.3 Å². The van der Waals surface area contributed by atoms with Gasteiger partial charge in [0, 0.05) is 11.6 Å². The minimum atomic E-state index is -0.928. The summed E-state index contributed by atoms with van der Waals surface area (Å²) in [6, 6.07) is 5.83. The summed E-state index contributed by atoms with van der Waals surface area (Å²) in [4.78, 5) is 11.5. The number of methoxy groups -OCH3 is 1. The maximum atomic E-state index is 11.5. The lowest BCUT2D eigenvalue weighted by Gasteiger charge is -2.30. The standard InChI is InChI=1S/C16H25NO3/c1-6-9-16(4,15(18)19)17-12(3)13-10-11(2)7-8-14(13)20-5/h7-8,10,12,17H,6,9H2,1-5H3,(H,18,19). The molecule has 0 bridgehead atoms. The van der Waals surface area contributed by atoms with E-state index in [9.17, 15) is 9.90 Å². The predicted octanol–water partition coefficient (Wildman–Crippen LogP) is 3.30. The zero-order chi connectivity index (χ0) is 15.3. The maximum Gasteiger partial charge on any atom is 0.323 e. The van der Waals surface area contributed by atoms with Crippen molar-refractivity contribution in [3.8, 4) is 5.75 Å². The van der Waals surface area contributed by atoms with Gasteiger partial charge >= 0.3 is 5.97 Å². The third-order valence-electron chi connectivity index (χ3n) is 3.61. The Morgan fingerprint density at radius 3 is 2.65 bits per heavy atom. The van der Waals surface area contributed by atoms with E-state index in [0.29, 0.717) is 6.42 Å². The Morgan fingerprint density at radius 2 is 2.15 bits per heavy atom. The number of carboxylic acids is 1. The van der Waals surface area contributed by atoms with Crippen LogP contribution in [0.25, 0.3) is 0 Å². The van der Waals surface area contributed by atoms with E-state index in [4.69, 9.17) is 4.74 Å². The molecule has 0 fully saturated rings. The minimum Gasteiger partial charge on any atom is -0.496 e. The van der Waals surface area contributed by atoms with E-state index in [-0.39, 0.29) is 6.04 Å². The number of hydrogen-bond donors (Lipinski definition) is 2. The first-order valence-corrected chi connectivity index (χ1v) is 6.99. The number of carbonyl (C=O) groups is 1. The highest BCUT2D eigenvalue weighted by Gasteiger charge is 2.34. The van der Waals surface area contributed by atoms with Gasteiger partial charge in [-0.25, -0.2) is 0 Å². The van der Waals surface area contributed by atoms with E-state index in [0.717, 1.165) is 23.3 Å². The van der Waals surface area contributed by atoms with Gasteiger partial charge in [-0.15, -0.1) is 0 Å². The Morgan fingerprint density at radius 1 is 1.50 bits per heavy atom. The Balaban J connectivity index is 3.03. The van der Waals surface area contributed by atoms with E-state index in [2.05, 4.69) is 5.32 Å². The Labute approximate surface area is 121 Å². The van der Waals surface area contributed by atoms with Gasteiger partial charge < -0.3 is 9.84 Å². The number of hydrogen-bond acceptors (Lipinski definition) is 3. The summed E-state index contributed by atoms with van der Waals surface area (Å²) in [6.07, 6.45) is 1.40. The molecule has 2 unspecified atom stereocenters. The Kier molecular flexibility index (Phi) is 5.57. The summed E-state index contributed by atoms with van der Waals surface area (Å²) in [5, 5.41) is 12.7. The van der Waals surface area contributed by atoms with Crippen molar-refractivity contribution in [2.75, 3.05) is 7.11 Å². The summed E-state index contributed by atoms with van der Waals surface area (Å²) in [6.45, 7) is 7.70. The Hall–Kier alpha value is -1.55. The van der Waals surface area contributed by atoms with Crippen molar-refractivity contribution in [3.05, 3.63) is 29.3 Å². The number of aliphatic carboxylic acids is 1. The van der Waals surface area contributed by atoms with Gasteiger partial charge in [-0.3, -0.25) is 10.1 Å². The quantitative estimate of drug-likeness (QED) is 0.804. The van der Waals surface area contributed by atoms with E-state index in [1.54, 1.807) is 14.0 Å². The van der Waals surface area contributed by atoms with Crippen LogP contribution in [-0.4, -0.2) is 23.7 Å². The van der Waals surface area contributed by atoms with Gasteiger partial charge in [0.2, 0.25) is 0 Å². The van der Waals surface area contributed by atoms with Crippen molar-refractivity contribution in [1.29, 1.82) is 0 Å². The van der Waals surface area contributed by atoms with Crippen LogP contribution in [0.3, 0.4) is 0 Å². The molecule has 0 saturated carbocycles. The second kappa shape index (κ2) is 6.75. The number of ether oxygens (including phenoxy) is 1. The molecule has 0 aliphatic heterocycles. The lowest BCUT2D eigenvalue weighted by molar-refractivity contribution is -0.144. The first kappa shape index (κ1) is 16.5. The molecule has 4 nitrogen and oxygen atoms in total. The van der Waals surface area contributed by atoms with Crippen molar-refractivity contribution < 1.29 is 14.6 Å². The number of aryl methyl sites for hydroxylation is 1. The molecule has 0 radical (unpaired) electrons. The molecule has 1 aromatic carbocycles. The summed E-state index contributed by atoms with van der Waals surface area (Å²) in [5.41, 5.74) is 1.18. The van der Waals surface area contributed by atoms with Crippen LogP contribution in [0.4, 0.5) is 0 Å². The number of rotatable bonds is 7. The fourth-order valence-corrected chi connectivity index (χ4v) is 2.49. The summed E-state index contributed by atoms with van der Waals surface area (Å²) < 4.78 is 5.37. The molecule has 0 aromatic heterocycles. The van der Waals surface area contributed by atoms with Crippen LogP contribution in [-0.2, 0) is 4.79 Å². The second-order valence-electron chi connectivity index (χ2n) is 5.50. The van der Waals surface area contributed by atoms with Crippen LogP contribution in [0.5, 0.6) is 5.75 Å². The van der Waals surface area contributed by atoms with Gasteiger partial charge in [-0.05, 0) is 33.3 Å². The van der Waals surface area contributed by atoms with E-state index < -0.39 is 11.5 Å². The van der Waals surface area contributed by atoms with Crippen LogP contribution >= 0.6 is 0 Å². The first-order valence-electron chi connectivity index (χ1n) is 6.99. The second-order valence-corrected chi connectivity index (χ2v) is 5.50. The molecule has 1 aromatic rings. The highest BCUT2D eigenvalue weighted by atomic mass is 16.5. The predicted molar refractivity (Wildman–Crippen MR) is 80.2 cm³/mol. The van der Waals surface area contributed by atoms with Crippen molar-refractivity contribution >= 4 is 5.97 Å². The number of benzene rings is 1. The molecule has 1 rings (SSSR count). The van der Waals surface area contributed by atoms with Gasteiger partial charge in [-0.1, -0.05) is 31.0 Å². The minimum absolute atomic E-state index is 0.0995. The fourth-order valence-electron chi connectivity index (χ4n) is 2.49. The van der Waals surface area contributed by atoms with Crippen molar-refractivity contribution in [1.82, 2.24) is 5.32 Å². The maximum absolute atomic E-state index is 11.5. The normalized spacial score (nSPS) is 15.4. The van der Waals surface area contributed by atoms with E-state index in [1.807, 2.05) is 39.0 Å². The lowest BCUT2D eigenvalue weighted by Crippen LogP contribution is -2.50. The first-order chi connectivity index (χ1) is 9.34. The molecule has 0 aliphatic rings. The summed E-state index contributed by atoms with van der Waals surface area (Å²) >= 11 is 0. The van der Waals surface area contributed by atoms with Gasteiger partial charge in [-0.2, -0.15) is 0 Å². The Bertz CT molecular complexity index is 473. The van der Waals surface area contributed by atoms with Crippen LogP contribution in [0.2, 0.25) is 0 Å². The molecular weight excluding hydrogens is 254 g/mol. The van der Waals surface area contributed by atoms with Crippen LogP contribution < -0.4 is 10.1 Å². The third kappa shape index (κ3) is 3.73. The monoisotopic (exact) mass is 279 g/mol. The largest absolute Gasteiger partial charge is 0.496 e. The van der Waals surface area contributed by atoms with Gasteiger partial charge in [0.15, 0.2) is 0 Å². The highest BCUT2D eigenvalue weighted by molar-refractivity contribution is 5.78. The van der Waals surface area contributed by atoms with Gasteiger partial charge in [0.25, 0.3) is 0 Å². The van der Waals surface area contributed by atoms with Crippen molar-refractivity contribution in [2.45, 2.75) is 52.1 Å². The molecular formula is C16H25NO3. The smallest absolute Gasteiger partial charge is 0.323 e. The summed E-state index contributed by atoms with van der Waals surface area (Å²) in [7, 11) is 1.63. The number of nitrogens with one attached hydrogen (secondary N) is 1. The summed E-state index contributed by atoms with van der Waals surface area (Å²) in [5.74, 6) is -0.0438. The molecule has 0 aliphatic carbocycles. The lowest BCUT2D eigenvalue weighted by atomic mass is 9.93. The van der Waals surface area contributed by atoms with Gasteiger partial charge in [0.05, 0.1) is 7.11 Å². The zero-order valence-electron chi connectivity index (χ0n) is 13.0. The fraction of sp³-hybridized carbons (Fsp3) is 0.562. The topological polar surface area (TPSA) is 58.6 Å². The van der Waals surface area contributed by atoms with E-state index in [1.165, 1.54) is 0 Å². The molecule has 112 valence electrons. The molecule has 0 spiro atoms. The molecule has 0 heterocycles. The molecule has 4 heteroatoms. The van der Waals surface area contributed by atoms with Crippen LogP contribution in [0, 0.1) is 6.92 Å². The molecule has 2 N–H and O–H groups in total.